The Morgan fingerprint density at radius 3 is 2.52 bits per heavy atom. The van der Waals surface area contributed by atoms with Crippen LogP contribution in [0.5, 0.6) is 0 Å². The lowest BCUT2D eigenvalue weighted by molar-refractivity contribution is -0.121. The molecule has 1 aliphatic rings. The Labute approximate surface area is 144 Å². The van der Waals surface area contributed by atoms with E-state index in [4.69, 9.17) is 23.2 Å². The maximum atomic E-state index is 12.6. The van der Waals surface area contributed by atoms with Crippen LogP contribution in [-0.2, 0) is 9.59 Å². The van der Waals surface area contributed by atoms with Gasteiger partial charge in [-0.2, -0.15) is 0 Å². The Hall–Kier alpha value is -2.04. The largest absolute Gasteiger partial charge is 0.373 e. The molecular formula is C17H14Cl2N2O2. The Kier molecular flexibility index (Phi) is 4.28. The van der Waals surface area contributed by atoms with E-state index < -0.39 is 6.04 Å². The monoisotopic (exact) mass is 348 g/mol. The average molecular weight is 349 g/mol. The topological polar surface area (TPSA) is 49.4 Å². The summed E-state index contributed by atoms with van der Waals surface area (Å²) >= 11 is 11.9. The molecule has 2 amide bonds. The number of aryl methyl sites for hydroxylation is 1. The summed E-state index contributed by atoms with van der Waals surface area (Å²) in [6, 6.07) is 11.7. The van der Waals surface area contributed by atoms with Crippen LogP contribution in [0.1, 0.15) is 12.0 Å². The summed E-state index contributed by atoms with van der Waals surface area (Å²) in [4.78, 5) is 26.1. The molecule has 1 N–H and O–H groups in total. The van der Waals surface area contributed by atoms with Crippen LogP contribution in [0.4, 0.5) is 11.4 Å². The minimum atomic E-state index is -0.612. The van der Waals surface area contributed by atoms with Crippen molar-refractivity contribution in [2.24, 2.45) is 0 Å². The van der Waals surface area contributed by atoms with E-state index in [2.05, 4.69) is 5.32 Å². The molecule has 6 heteroatoms. The van der Waals surface area contributed by atoms with Gasteiger partial charge >= 0.3 is 0 Å². The fourth-order valence-electron chi connectivity index (χ4n) is 2.60. The van der Waals surface area contributed by atoms with Crippen molar-refractivity contribution in [3.05, 3.63) is 58.1 Å². The zero-order valence-corrected chi connectivity index (χ0v) is 13.9. The predicted molar refractivity (Wildman–Crippen MR) is 92.2 cm³/mol. The van der Waals surface area contributed by atoms with Crippen LogP contribution >= 0.6 is 23.2 Å². The number of benzene rings is 2. The number of hydrogen-bond donors (Lipinski definition) is 1. The first-order chi connectivity index (χ1) is 11.0. The lowest BCUT2D eigenvalue weighted by atomic mass is 10.2. The summed E-state index contributed by atoms with van der Waals surface area (Å²) < 4.78 is 0. The number of carbonyl (C=O) groups is 2. The van der Waals surface area contributed by atoms with Gasteiger partial charge in [0.15, 0.2) is 0 Å². The van der Waals surface area contributed by atoms with Gasteiger partial charge in [-0.3, -0.25) is 9.59 Å². The van der Waals surface area contributed by atoms with E-state index in [-0.39, 0.29) is 18.2 Å². The normalized spacial score (nSPS) is 17.7. The number of nitrogens with zero attached hydrogens (tertiary/aromatic N) is 1. The number of para-hydroxylation sites is 1. The number of hydrogen-bond acceptors (Lipinski definition) is 3. The van der Waals surface area contributed by atoms with Crippen molar-refractivity contribution in [2.45, 2.75) is 19.4 Å². The van der Waals surface area contributed by atoms with Crippen molar-refractivity contribution in [2.75, 3.05) is 10.2 Å². The van der Waals surface area contributed by atoms with Gasteiger partial charge in [0, 0.05) is 5.69 Å². The molecule has 1 heterocycles. The highest BCUT2D eigenvalue weighted by atomic mass is 35.5. The van der Waals surface area contributed by atoms with Crippen molar-refractivity contribution in [1.29, 1.82) is 0 Å². The van der Waals surface area contributed by atoms with E-state index in [1.54, 1.807) is 24.3 Å². The van der Waals surface area contributed by atoms with E-state index >= 15 is 0 Å². The number of carbonyl (C=O) groups excluding carboxylic acids is 2. The van der Waals surface area contributed by atoms with Crippen molar-refractivity contribution < 1.29 is 9.59 Å². The van der Waals surface area contributed by atoms with Crippen molar-refractivity contribution in [3.63, 3.8) is 0 Å². The highest BCUT2D eigenvalue weighted by Gasteiger charge is 2.40. The molecule has 0 saturated carbocycles. The molecule has 0 aromatic heterocycles. The zero-order valence-electron chi connectivity index (χ0n) is 12.3. The summed E-state index contributed by atoms with van der Waals surface area (Å²) in [5.74, 6) is -0.489. The molecule has 0 bridgehead atoms. The minimum Gasteiger partial charge on any atom is -0.373 e. The molecule has 0 spiro atoms. The van der Waals surface area contributed by atoms with Crippen LogP contribution in [0, 0.1) is 6.92 Å². The first-order valence-corrected chi connectivity index (χ1v) is 7.87. The number of anilines is 2. The Morgan fingerprint density at radius 1 is 1.09 bits per heavy atom. The zero-order chi connectivity index (χ0) is 16.6. The lowest BCUT2D eigenvalue weighted by Gasteiger charge is -2.18. The molecule has 1 fully saturated rings. The smallest absolute Gasteiger partial charge is 0.256 e. The second-order valence-electron chi connectivity index (χ2n) is 5.38. The molecule has 2 aromatic rings. The first kappa shape index (κ1) is 15.8. The predicted octanol–water partition coefficient (Wildman–Crippen LogP) is 4.05. The number of nitrogens with one attached hydrogen (secondary N) is 1. The summed E-state index contributed by atoms with van der Waals surface area (Å²) in [7, 11) is 0. The van der Waals surface area contributed by atoms with Gasteiger partial charge < -0.3 is 5.32 Å². The Morgan fingerprint density at radius 2 is 1.83 bits per heavy atom. The lowest BCUT2D eigenvalue weighted by Crippen LogP contribution is -2.35. The fraction of sp³-hybridized carbons (Fsp3) is 0.176. The van der Waals surface area contributed by atoms with E-state index in [0.29, 0.717) is 21.4 Å². The maximum absolute atomic E-state index is 12.6. The van der Waals surface area contributed by atoms with E-state index in [1.807, 2.05) is 25.1 Å². The van der Waals surface area contributed by atoms with Crippen molar-refractivity contribution in [3.8, 4) is 0 Å². The summed E-state index contributed by atoms with van der Waals surface area (Å²) in [6.07, 6.45) is 0.105. The average Bonchev–Trinajstić information content (AvgIpc) is 2.78. The molecule has 4 nitrogen and oxygen atoms in total. The molecular weight excluding hydrogens is 335 g/mol. The molecule has 118 valence electrons. The highest BCUT2D eigenvalue weighted by Crippen LogP contribution is 2.29. The van der Waals surface area contributed by atoms with Gasteiger partial charge in [0.05, 0.1) is 22.2 Å². The first-order valence-electron chi connectivity index (χ1n) is 7.11. The molecule has 1 aliphatic heterocycles. The van der Waals surface area contributed by atoms with Crippen LogP contribution in [0.15, 0.2) is 42.5 Å². The Balaban J connectivity index is 1.84. The number of imide groups is 1. The molecule has 1 saturated heterocycles. The van der Waals surface area contributed by atoms with Crippen LogP contribution in [-0.4, -0.2) is 17.9 Å². The molecule has 3 rings (SSSR count). The second-order valence-corrected chi connectivity index (χ2v) is 6.20. The molecule has 2 aromatic carbocycles. The SMILES string of the molecule is Cc1ccccc1N1C(=O)CC(Nc2ccc(Cl)c(Cl)c2)C1=O. The summed E-state index contributed by atoms with van der Waals surface area (Å²) in [5, 5.41) is 3.88. The van der Waals surface area contributed by atoms with E-state index in [9.17, 15) is 9.59 Å². The quantitative estimate of drug-likeness (QED) is 0.851. The van der Waals surface area contributed by atoms with Crippen LogP contribution in [0.25, 0.3) is 0 Å². The van der Waals surface area contributed by atoms with Crippen molar-refractivity contribution in [1.82, 2.24) is 0 Å². The third kappa shape index (κ3) is 3.05. The van der Waals surface area contributed by atoms with Crippen LogP contribution in [0.3, 0.4) is 0 Å². The van der Waals surface area contributed by atoms with Gasteiger partial charge in [0.25, 0.3) is 5.91 Å². The molecule has 0 aliphatic carbocycles. The van der Waals surface area contributed by atoms with Gasteiger partial charge in [-0.25, -0.2) is 4.90 Å². The fourth-order valence-corrected chi connectivity index (χ4v) is 2.90. The van der Waals surface area contributed by atoms with Gasteiger partial charge in [-0.1, -0.05) is 41.4 Å². The third-order valence-corrected chi connectivity index (χ3v) is 4.50. The number of rotatable bonds is 3. The third-order valence-electron chi connectivity index (χ3n) is 3.76. The Bertz CT molecular complexity index is 792. The number of amides is 2. The minimum absolute atomic E-state index is 0.105. The molecule has 1 unspecified atom stereocenters. The second kappa shape index (κ2) is 6.22. The van der Waals surface area contributed by atoms with E-state index in [0.717, 1.165) is 5.56 Å². The molecule has 23 heavy (non-hydrogen) atoms. The van der Waals surface area contributed by atoms with E-state index in [1.165, 1.54) is 4.90 Å². The van der Waals surface area contributed by atoms with Crippen LogP contribution in [0.2, 0.25) is 10.0 Å². The standard InChI is InChI=1S/C17H14Cl2N2O2/c1-10-4-2-3-5-15(10)21-16(22)9-14(17(21)23)20-11-6-7-12(18)13(19)8-11/h2-8,14,20H,9H2,1H3. The summed E-state index contributed by atoms with van der Waals surface area (Å²) in [6.45, 7) is 1.87. The number of halogens is 2. The van der Waals surface area contributed by atoms with Crippen LogP contribution < -0.4 is 10.2 Å². The van der Waals surface area contributed by atoms with Gasteiger partial charge in [0.1, 0.15) is 6.04 Å². The van der Waals surface area contributed by atoms with Gasteiger partial charge in [-0.05, 0) is 36.8 Å². The van der Waals surface area contributed by atoms with Gasteiger partial charge in [-0.15, -0.1) is 0 Å². The molecule has 1 atom stereocenters. The van der Waals surface area contributed by atoms with Gasteiger partial charge in [0.2, 0.25) is 5.91 Å². The highest BCUT2D eigenvalue weighted by molar-refractivity contribution is 6.42. The summed E-state index contributed by atoms with van der Waals surface area (Å²) in [5.41, 5.74) is 2.16. The maximum Gasteiger partial charge on any atom is 0.256 e. The molecule has 0 radical (unpaired) electrons. The van der Waals surface area contributed by atoms with Crippen molar-refractivity contribution >= 4 is 46.4 Å².